The molecule has 0 aromatic carbocycles. The zero-order valence-electron chi connectivity index (χ0n) is 6.98. The van der Waals surface area contributed by atoms with E-state index >= 15 is 0 Å². The van der Waals surface area contributed by atoms with Crippen molar-refractivity contribution < 1.29 is 13.2 Å². The quantitative estimate of drug-likeness (QED) is 0.825. The summed E-state index contributed by atoms with van der Waals surface area (Å²) in [6.07, 6.45) is -3.61. The number of aromatic nitrogens is 1. The Morgan fingerprint density at radius 1 is 1.54 bits per heavy atom. The van der Waals surface area contributed by atoms with E-state index in [1.165, 1.54) is 6.20 Å². The Hall–Kier alpha value is -0.620. The number of nitrogens with one attached hydrogen (secondary N) is 1. The smallest absolute Gasteiger partial charge is 0.315 e. The minimum Gasteiger partial charge on any atom is -0.315 e. The normalized spacial score (nSPS) is 12.0. The molecule has 1 rings (SSSR count). The largest absolute Gasteiger partial charge is 0.395 e. The van der Waals surface area contributed by atoms with E-state index in [2.05, 4.69) is 10.3 Å². The molecule has 0 amide bonds. The van der Waals surface area contributed by atoms with Crippen molar-refractivity contribution in [2.24, 2.45) is 0 Å². The average Bonchev–Trinajstić information content (AvgIpc) is 2.33. The summed E-state index contributed by atoms with van der Waals surface area (Å²) in [5.41, 5.74) is 0. The maximum atomic E-state index is 11.9. The molecule has 0 fully saturated rings. The monoisotopic (exact) mass is 210 g/mol. The van der Waals surface area contributed by atoms with Crippen LogP contribution in [0.15, 0.2) is 6.20 Å². The molecular weight excluding hydrogens is 201 g/mol. The van der Waals surface area contributed by atoms with Gasteiger partial charge in [-0.25, -0.2) is 4.98 Å². The summed E-state index contributed by atoms with van der Waals surface area (Å²) in [7, 11) is 1.74. The fourth-order valence-electron chi connectivity index (χ4n) is 0.857. The van der Waals surface area contributed by atoms with Crippen LogP contribution in [-0.2, 0) is 13.0 Å². The van der Waals surface area contributed by atoms with Gasteiger partial charge < -0.3 is 5.32 Å². The molecule has 13 heavy (non-hydrogen) atoms. The lowest BCUT2D eigenvalue weighted by Crippen LogP contribution is -2.10. The standard InChI is InChI=1S/C7H9F3N2S/c1-11-3-5-4-12-6(13-5)2-7(8,9)10/h4,11H,2-3H2,1H3. The lowest BCUT2D eigenvalue weighted by molar-refractivity contribution is -0.127. The first-order valence-corrected chi connectivity index (χ1v) is 4.48. The molecule has 0 radical (unpaired) electrons. The van der Waals surface area contributed by atoms with Gasteiger partial charge in [0.05, 0.1) is 6.42 Å². The topological polar surface area (TPSA) is 24.9 Å². The summed E-state index contributed by atoms with van der Waals surface area (Å²) in [5.74, 6) is 0. The minimum atomic E-state index is -4.16. The molecule has 0 aliphatic rings. The molecule has 0 aliphatic heterocycles. The predicted octanol–water partition coefficient (Wildman–Crippen LogP) is 1.97. The fourth-order valence-corrected chi connectivity index (χ4v) is 1.82. The van der Waals surface area contributed by atoms with Gasteiger partial charge in [0.1, 0.15) is 5.01 Å². The molecule has 1 aromatic heterocycles. The van der Waals surface area contributed by atoms with Gasteiger partial charge in [0.2, 0.25) is 0 Å². The van der Waals surface area contributed by atoms with Crippen LogP contribution in [0.4, 0.5) is 13.2 Å². The van der Waals surface area contributed by atoms with Crippen LogP contribution >= 0.6 is 11.3 Å². The summed E-state index contributed by atoms with van der Waals surface area (Å²) in [4.78, 5) is 4.50. The number of nitrogens with zero attached hydrogens (tertiary/aromatic N) is 1. The number of rotatable bonds is 3. The Balaban J connectivity index is 2.59. The van der Waals surface area contributed by atoms with E-state index in [4.69, 9.17) is 0 Å². The highest BCUT2D eigenvalue weighted by Gasteiger charge is 2.29. The number of halogens is 3. The molecule has 6 heteroatoms. The van der Waals surface area contributed by atoms with E-state index in [0.29, 0.717) is 6.54 Å². The van der Waals surface area contributed by atoms with Gasteiger partial charge in [-0.05, 0) is 7.05 Å². The molecule has 0 aliphatic carbocycles. The Morgan fingerprint density at radius 3 is 2.77 bits per heavy atom. The van der Waals surface area contributed by atoms with Gasteiger partial charge in [-0.15, -0.1) is 11.3 Å². The summed E-state index contributed by atoms with van der Waals surface area (Å²) < 4.78 is 35.7. The maximum absolute atomic E-state index is 11.9. The highest BCUT2D eigenvalue weighted by Crippen LogP contribution is 2.24. The number of thiazole rings is 1. The van der Waals surface area contributed by atoms with Crippen molar-refractivity contribution in [3.8, 4) is 0 Å². The van der Waals surface area contributed by atoms with Crippen LogP contribution in [0, 0.1) is 0 Å². The van der Waals surface area contributed by atoms with Gasteiger partial charge in [-0.1, -0.05) is 0 Å². The highest BCUT2D eigenvalue weighted by molar-refractivity contribution is 7.11. The third-order valence-electron chi connectivity index (χ3n) is 1.30. The Kier molecular flexibility index (Phi) is 3.27. The Labute approximate surface area is 77.8 Å². The second-order valence-electron chi connectivity index (χ2n) is 2.54. The van der Waals surface area contributed by atoms with Crippen LogP contribution in [-0.4, -0.2) is 18.2 Å². The molecule has 1 aromatic rings. The zero-order valence-corrected chi connectivity index (χ0v) is 7.80. The van der Waals surface area contributed by atoms with Gasteiger partial charge in [-0.3, -0.25) is 0 Å². The highest BCUT2D eigenvalue weighted by atomic mass is 32.1. The summed E-state index contributed by atoms with van der Waals surface area (Å²) in [5, 5.41) is 2.97. The van der Waals surface area contributed by atoms with Crippen LogP contribution in [0.2, 0.25) is 0 Å². The summed E-state index contributed by atoms with van der Waals surface area (Å²) in [6.45, 7) is 0.565. The molecule has 0 atom stereocenters. The van der Waals surface area contributed by atoms with Gasteiger partial charge in [0, 0.05) is 17.6 Å². The molecule has 0 saturated heterocycles. The zero-order chi connectivity index (χ0) is 9.90. The first-order valence-electron chi connectivity index (χ1n) is 3.66. The van der Waals surface area contributed by atoms with Gasteiger partial charge in [0.25, 0.3) is 0 Å². The SMILES string of the molecule is CNCc1cnc(CC(F)(F)F)s1. The van der Waals surface area contributed by atoms with E-state index in [1.807, 2.05) is 0 Å². The lowest BCUT2D eigenvalue weighted by Gasteiger charge is -2.01. The van der Waals surface area contributed by atoms with Gasteiger partial charge >= 0.3 is 6.18 Å². The van der Waals surface area contributed by atoms with E-state index in [9.17, 15) is 13.2 Å². The number of alkyl halides is 3. The third kappa shape index (κ3) is 3.73. The first-order chi connectivity index (χ1) is 6.01. The maximum Gasteiger partial charge on any atom is 0.395 e. The van der Waals surface area contributed by atoms with Crippen LogP contribution in [0.5, 0.6) is 0 Å². The van der Waals surface area contributed by atoms with Crippen molar-refractivity contribution in [2.75, 3.05) is 7.05 Å². The van der Waals surface area contributed by atoms with E-state index in [0.717, 1.165) is 16.2 Å². The third-order valence-corrected chi connectivity index (χ3v) is 2.30. The summed E-state index contributed by atoms with van der Waals surface area (Å²) >= 11 is 1.09. The lowest BCUT2D eigenvalue weighted by atomic mass is 10.4. The molecule has 2 nitrogen and oxygen atoms in total. The second kappa shape index (κ2) is 4.06. The molecule has 1 N–H and O–H groups in total. The summed E-state index contributed by atoms with van der Waals surface area (Å²) in [6, 6.07) is 0. The predicted molar refractivity (Wildman–Crippen MR) is 44.6 cm³/mol. The second-order valence-corrected chi connectivity index (χ2v) is 3.74. The fraction of sp³-hybridized carbons (Fsp3) is 0.571. The molecule has 1 heterocycles. The first kappa shape index (κ1) is 10.5. The van der Waals surface area contributed by atoms with Gasteiger partial charge in [0.15, 0.2) is 0 Å². The van der Waals surface area contributed by atoms with Crippen molar-refractivity contribution in [2.45, 2.75) is 19.1 Å². The molecule has 0 saturated carbocycles. The van der Waals surface area contributed by atoms with Crippen molar-refractivity contribution >= 4 is 11.3 Å². The van der Waals surface area contributed by atoms with Crippen LogP contribution < -0.4 is 5.32 Å². The molecule has 74 valence electrons. The molecule has 0 bridgehead atoms. The number of hydrogen-bond acceptors (Lipinski definition) is 3. The van der Waals surface area contributed by atoms with Crippen LogP contribution in [0.1, 0.15) is 9.88 Å². The Bertz CT molecular complexity index is 269. The minimum absolute atomic E-state index is 0.123. The van der Waals surface area contributed by atoms with Crippen LogP contribution in [0.25, 0.3) is 0 Å². The van der Waals surface area contributed by atoms with E-state index < -0.39 is 12.6 Å². The van der Waals surface area contributed by atoms with Crippen molar-refractivity contribution in [3.05, 3.63) is 16.1 Å². The Morgan fingerprint density at radius 2 is 2.23 bits per heavy atom. The van der Waals surface area contributed by atoms with Gasteiger partial charge in [-0.2, -0.15) is 13.2 Å². The average molecular weight is 210 g/mol. The van der Waals surface area contributed by atoms with E-state index in [-0.39, 0.29) is 5.01 Å². The molecule has 0 spiro atoms. The van der Waals surface area contributed by atoms with E-state index in [1.54, 1.807) is 7.05 Å². The van der Waals surface area contributed by atoms with Crippen molar-refractivity contribution in [3.63, 3.8) is 0 Å². The van der Waals surface area contributed by atoms with Crippen molar-refractivity contribution in [1.82, 2.24) is 10.3 Å². The van der Waals surface area contributed by atoms with Crippen molar-refractivity contribution in [1.29, 1.82) is 0 Å². The van der Waals surface area contributed by atoms with Crippen LogP contribution in [0.3, 0.4) is 0 Å². The molecule has 0 unspecified atom stereocenters. The molecular formula is C7H9F3N2S. The number of hydrogen-bond donors (Lipinski definition) is 1.